The van der Waals surface area contributed by atoms with Gasteiger partial charge in [-0.1, -0.05) is 48.5 Å². The molecule has 4 rings (SSSR count). The van der Waals surface area contributed by atoms with Gasteiger partial charge in [0.15, 0.2) is 0 Å². The molecule has 2 aromatic carbocycles. The van der Waals surface area contributed by atoms with Gasteiger partial charge in [0.1, 0.15) is 11.6 Å². The Hall–Kier alpha value is -3.02. The summed E-state index contributed by atoms with van der Waals surface area (Å²) in [6, 6.07) is 17.9. The van der Waals surface area contributed by atoms with Gasteiger partial charge in [0, 0.05) is 44.3 Å². The highest BCUT2D eigenvalue weighted by Crippen LogP contribution is 2.36. The normalized spacial score (nSPS) is 21.3. The molecule has 2 heterocycles. The molecule has 2 aromatic rings. The van der Waals surface area contributed by atoms with Crippen LogP contribution in [-0.4, -0.2) is 66.2 Å². The predicted molar refractivity (Wildman–Crippen MR) is 131 cm³/mol. The van der Waals surface area contributed by atoms with E-state index in [2.05, 4.69) is 42.2 Å². The molecule has 6 heteroatoms. The summed E-state index contributed by atoms with van der Waals surface area (Å²) >= 11 is 0. The van der Waals surface area contributed by atoms with Crippen LogP contribution in [0.25, 0.3) is 0 Å². The maximum absolute atomic E-state index is 13.8. The lowest BCUT2D eigenvalue weighted by atomic mass is 9.90. The summed E-state index contributed by atoms with van der Waals surface area (Å²) < 4.78 is 5.67. The van der Waals surface area contributed by atoms with E-state index in [0.29, 0.717) is 19.6 Å². The number of nitrogens with zero attached hydrogens (tertiary/aromatic N) is 3. The van der Waals surface area contributed by atoms with Gasteiger partial charge in [-0.05, 0) is 51.3 Å². The monoisotopic (exact) mass is 449 g/mol. The molecule has 0 bridgehead atoms. The second-order valence-corrected chi connectivity index (χ2v) is 10.0. The fraction of sp³-hybridized carbons (Fsp3) is 0.481. The first-order chi connectivity index (χ1) is 15.7. The summed E-state index contributed by atoms with van der Waals surface area (Å²) in [6.45, 7) is 11.1. The van der Waals surface area contributed by atoms with Crippen LogP contribution >= 0.6 is 0 Å². The van der Waals surface area contributed by atoms with E-state index in [1.165, 1.54) is 11.3 Å². The molecule has 2 amide bonds. The van der Waals surface area contributed by atoms with Crippen molar-refractivity contribution in [2.75, 3.05) is 37.6 Å². The Labute approximate surface area is 197 Å². The van der Waals surface area contributed by atoms with Gasteiger partial charge in [-0.3, -0.25) is 9.69 Å². The van der Waals surface area contributed by atoms with Crippen LogP contribution in [0.2, 0.25) is 0 Å². The molecule has 2 aliphatic rings. The van der Waals surface area contributed by atoms with Crippen molar-refractivity contribution in [3.8, 4) is 0 Å². The quantitative estimate of drug-likeness (QED) is 0.695. The number of anilines is 1. The maximum Gasteiger partial charge on any atom is 0.410 e. The van der Waals surface area contributed by atoms with E-state index in [9.17, 15) is 9.59 Å². The first-order valence-electron chi connectivity index (χ1n) is 11.9. The number of carbonyl (C=O) groups excluding carboxylic acids is 2. The van der Waals surface area contributed by atoms with Gasteiger partial charge < -0.3 is 14.5 Å². The predicted octanol–water partition coefficient (Wildman–Crippen LogP) is 4.44. The van der Waals surface area contributed by atoms with Crippen molar-refractivity contribution < 1.29 is 14.3 Å². The van der Waals surface area contributed by atoms with Crippen molar-refractivity contribution in [3.05, 3.63) is 65.7 Å². The summed E-state index contributed by atoms with van der Waals surface area (Å²) in [5.74, 6) is -0.00254. The molecular formula is C27H35N3O3. The van der Waals surface area contributed by atoms with Crippen LogP contribution in [0.15, 0.2) is 54.6 Å². The summed E-state index contributed by atoms with van der Waals surface area (Å²) in [7, 11) is 0. The number of amides is 2. The molecule has 2 fully saturated rings. The van der Waals surface area contributed by atoms with Gasteiger partial charge in [0.05, 0.1) is 0 Å². The first kappa shape index (κ1) is 23.1. The number of hydrogen-bond donors (Lipinski definition) is 0. The average Bonchev–Trinajstić information content (AvgIpc) is 3.24. The van der Waals surface area contributed by atoms with Crippen LogP contribution in [0, 0.1) is 6.92 Å². The summed E-state index contributed by atoms with van der Waals surface area (Å²) in [5.41, 5.74) is 2.96. The summed E-state index contributed by atoms with van der Waals surface area (Å²) in [6.07, 6.45) is 0.348. The van der Waals surface area contributed by atoms with Crippen molar-refractivity contribution in [2.24, 2.45) is 0 Å². The van der Waals surface area contributed by atoms with Crippen molar-refractivity contribution in [1.82, 2.24) is 9.80 Å². The molecule has 0 aromatic heterocycles. The fourth-order valence-corrected chi connectivity index (χ4v) is 4.95. The van der Waals surface area contributed by atoms with E-state index in [-0.39, 0.29) is 11.8 Å². The zero-order chi connectivity index (χ0) is 23.6. The highest BCUT2D eigenvalue weighted by Gasteiger charge is 2.46. The van der Waals surface area contributed by atoms with Gasteiger partial charge in [-0.2, -0.15) is 0 Å². The van der Waals surface area contributed by atoms with Crippen LogP contribution in [-0.2, 0) is 9.53 Å². The zero-order valence-corrected chi connectivity index (χ0v) is 20.2. The molecule has 2 aliphatic heterocycles. The number of ether oxygens (including phenoxy) is 1. The summed E-state index contributed by atoms with van der Waals surface area (Å²) in [4.78, 5) is 32.8. The lowest BCUT2D eigenvalue weighted by molar-refractivity contribution is -0.136. The Bertz CT molecular complexity index is 978. The van der Waals surface area contributed by atoms with Crippen molar-refractivity contribution in [2.45, 2.75) is 51.7 Å². The molecular weight excluding hydrogens is 414 g/mol. The number of likely N-dealkylation sites (tertiary alicyclic amines) is 1. The Kier molecular flexibility index (Phi) is 6.63. The Morgan fingerprint density at radius 3 is 2.15 bits per heavy atom. The third-order valence-electron chi connectivity index (χ3n) is 6.55. The van der Waals surface area contributed by atoms with E-state index in [0.717, 1.165) is 25.1 Å². The number of hydrogen-bond acceptors (Lipinski definition) is 4. The maximum atomic E-state index is 13.8. The third-order valence-corrected chi connectivity index (χ3v) is 6.55. The number of carbonyl (C=O) groups is 2. The van der Waals surface area contributed by atoms with E-state index in [1.807, 2.05) is 49.9 Å². The fourth-order valence-electron chi connectivity index (χ4n) is 4.95. The van der Waals surface area contributed by atoms with E-state index >= 15 is 0 Å². The number of para-hydroxylation sites is 1. The van der Waals surface area contributed by atoms with Gasteiger partial charge in [0.2, 0.25) is 5.91 Å². The largest absolute Gasteiger partial charge is 0.444 e. The molecule has 2 atom stereocenters. The lowest BCUT2D eigenvalue weighted by Gasteiger charge is -2.39. The molecule has 0 radical (unpaired) electrons. The molecule has 0 spiro atoms. The first-order valence-corrected chi connectivity index (χ1v) is 11.9. The van der Waals surface area contributed by atoms with Crippen LogP contribution < -0.4 is 4.90 Å². The molecule has 0 aliphatic carbocycles. The van der Waals surface area contributed by atoms with Crippen LogP contribution in [0.4, 0.5) is 10.5 Å². The SMILES string of the molecule is Cc1ccccc1N1CCN(C(=O)C2C(c3ccccc3)CCN2C(=O)OC(C)(C)C)CC1. The lowest BCUT2D eigenvalue weighted by Crippen LogP contribution is -2.56. The molecule has 33 heavy (non-hydrogen) atoms. The molecule has 0 N–H and O–H groups in total. The molecule has 176 valence electrons. The molecule has 2 saturated heterocycles. The standard InChI is InChI=1S/C27H35N3O3/c1-20-10-8-9-13-23(20)28-16-18-29(19-17-28)25(31)24-22(21-11-6-5-7-12-21)14-15-30(24)26(32)33-27(2,3)4/h5-13,22,24H,14-19H2,1-4H3. The number of piperazine rings is 1. The summed E-state index contributed by atoms with van der Waals surface area (Å²) in [5, 5.41) is 0. The minimum absolute atomic E-state index is 0.0247. The van der Waals surface area contributed by atoms with Crippen molar-refractivity contribution in [3.63, 3.8) is 0 Å². The van der Waals surface area contributed by atoms with Crippen LogP contribution in [0.1, 0.15) is 44.2 Å². The molecule has 2 unspecified atom stereocenters. The van der Waals surface area contributed by atoms with Crippen LogP contribution in [0.3, 0.4) is 0 Å². The van der Waals surface area contributed by atoms with Crippen LogP contribution in [0.5, 0.6) is 0 Å². The minimum atomic E-state index is -0.602. The second-order valence-electron chi connectivity index (χ2n) is 10.0. The van der Waals surface area contributed by atoms with Gasteiger partial charge in [-0.25, -0.2) is 4.79 Å². The third kappa shape index (κ3) is 5.15. The minimum Gasteiger partial charge on any atom is -0.444 e. The molecule has 6 nitrogen and oxygen atoms in total. The topological polar surface area (TPSA) is 53.1 Å². The Morgan fingerprint density at radius 2 is 1.52 bits per heavy atom. The van der Waals surface area contributed by atoms with Crippen molar-refractivity contribution in [1.29, 1.82) is 0 Å². The second kappa shape index (κ2) is 9.46. The van der Waals surface area contributed by atoms with Gasteiger partial charge in [-0.15, -0.1) is 0 Å². The highest BCUT2D eigenvalue weighted by atomic mass is 16.6. The van der Waals surface area contributed by atoms with E-state index < -0.39 is 17.7 Å². The number of rotatable bonds is 3. The van der Waals surface area contributed by atoms with E-state index in [4.69, 9.17) is 4.74 Å². The van der Waals surface area contributed by atoms with Gasteiger partial charge in [0.25, 0.3) is 0 Å². The van der Waals surface area contributed by atoms with E-state index in [1.54, 1.807) is 4.90 Å². The highest BCUT2D eigenvalue weighted by molar-refractivity contribution is 5.88. The van der Waals surface area contributed by atoms with Gasteiger partial charge >= 0.3 is 6.09 Å². The smallest absolute Gasteiger partial charge is 0.410 e. The Morgan fingerprint density at radius 1 is 0.879 bits per heavy atom. The molecule has 0 saturated carbocycles. The number of benzene rings is 2. The number of aryl methyl sites for hydroxylation is 1. The average molecular weight is 450 g/mol. The zero-order valence-electron chi connectivity index (χ0n) is 20.2. The Balaban J connectivity index is 1.52. The van der Waals surface area contributed by atoms with Crippen molar-refractivity contribution >= 4 is 17.7 Å².